The quantitative estimate of drug-likeness (QED) is 0.788. The number of aryl methyl sites for hydroxylation is 1. The first-order chi connectivity index (χ1) is 11.5. The summed E-state index contributed by atoms with van der Waals surface area (Å²) in [5.41, 5.74) is -0.0666. The third kappa shape index (κ3) is 2.95. The largest absolute Gasteiger partial charge is 0.319 e. The minimum Gasteiger partial charge on any atom is -0.319 e. The zero-order chi connectivity index (χ0) is 17.3. The molecule has 2 aromatic carbocycles. The fraction of sp³-hybridized carbons (Fsp3) is 0.0667. The molecule has 1 heterocycles. The second kappa shape index (κ2) is 6.32. The molecule has 0 aliphatic rings. The summed E-state index contributed by atoms with van der Waals surface area (Å²) in [6.45, 7) is 1.67. The Bertz CT molecular complexity index is 908. The maximum Gasteiger partial charge on any atom is 0.260 e. The van der Waals surface area contributed by atoms with Crippen molar-refractivity contribution in [3.63, 3.8) is 0 Å². The molecule has 0 radical (unpaired) electrons. The van der Waals surface area contributed by atoms with Crippen LogP contribution in [0.1, 0.15) is 16.2 Å². The molecule has 3 aromatic rings. The van der Waals surface area contributed by atoms with Crippen LogP contribution in [0.25, 0.3) is 5.69 Å². The molecule has 0 saturated carbocycles. The number of aromatic nitrogens is 4. The second-order valence-electron chi connectivity index (χ2n) is 4.85. The van der Waals surface area contributed by atoms with Crippen LogP contribution in [0, 0.1) is 18.6 Å². The van der Waals surface area contributed by atoms with Crippen LogP contribution in [0.5, 0.6) is 0 Å². The number of halogens is 3. The molecule has 0 spiro atoms. The molecular formula is C15H10ClF2N5O. The molecule has 0 fully saturated rings. The fourth-order valence-corrected chi connectivity index (χ4v) is 2.36. The monoisotopic (exact) mass is 349 g/mol. The maximum atomic E-state index is 14.0. The van der Waals surface area contributed by atoms with Gasteiger partial charge < -0.3 is 5.32 Å². The van der Waals surface area contributed by atoms with Crippen molar-refractivity contribution >= 4 is 23.2 Å². The molecule has 1 amide bonds. The normalized spacial score (nSPS) is 10.7. The van der Waals surface area contributed by atoms with Gasteiger partial charge in [0.05, 0.1) is 22.0 Å². The Morgan fingerprint density at radius 1 is 1.21 bits per heavy atom. The van der Waals surface area contributed by atoms with Gasteiger partial charge in [0.1, 0.15) is 11.6 Å². The van der Waals surface area contributed by atoms with Gasteiger partial charge >= 0.3 is 0 Å². The average molecular weight is 350 g/mol. The van der Waals surface area contributed by atoms with Crippen molar-refractivity contribution in [1.82, 2.24) is 20.2 Å². The van der Waals surface area contributed by atoms with E-state index in [1.807, 2.05) is 0 Å². The summed E-state index contributed by atoms with van der Waals surface area (Å²) in [5, 5.41) is 13.2. The highest BCUT2D eigenvalue weighted by atomic mass is 35.5. The molecule has 24 heavy (non-hydrogen) atoms. The molecule has 0 aliphatic heterocycles. The number of rotatable bonds is 3. The number of nitrogens with zero attached hydrogens (tertiary/aromatic N) is 4. The Morgan fingerprint density at radius 2 is 2.00 bits per heavy atom. The summed E-state index contributed by atoms with van der Waals surface area (Å²) in [6.07, 6.45) is 0. The standard InChI is InChI=1S/C15H10ClF2N5O/c1-8-20-21-22-23(8)9-5-6-11(17)13(7-9)19-15(24)14-10(16)3-2-4-12(14)18/h2-7H,1H3,(H,19,24). The Balaban J connectivity index is 1.96. The Labute approximate surface area is 140 Å². The number of carbonyl (C=O) groups excluding carboxylic acids is 1. The van der Waals surface area contributed by atoms with Crippen LogP contribution >= 0.6 is 11.6 Å². The van der Waals surface area contributed by atoms with Gasteiger partial charge in [-0.2, -0.15) is 4.68 Å². The number of anilines is 1. The van der Waals surface area contributed by atoms with Crippen molar-refractivity contribution in [2.75, 3.05) is 5.32 Å². The molecule has 0 atom stereocenters. The number of hydrogen-bond acceptors (Lipinski definition) is 4. The molecule has 1 N–H and O–H groups in total. The summed E-state index contributed by atoms with van der Waals surface area (Å²) in [5.74, 6) is -1.86. The Kier molecular flexibility index (Phi) is 4.22. The summed E-state index contributed by atoms with van der Waals surface area (Å²) in [7, 11) is 0. The van der Waals surface area contributed by atoms with E-state index in [9.17, 15) is 13.6 Å². The van der Waals surface area contributed by atoms with E-state index in [4.69, 9.17) is 11.6 Å². The van der Waals surface area contributed by atoms with Gasteiger partial charge in [0, 0.05) is 0 Å². The Hall–Kier alpha value is -2.87. The van der Waals surface area contributed by atoms with Gasteiger partial charge in [-0.15, -0.1) is 5.10 Å². The van der Waals surface area contributed by atoms with Crippen molar-refractivity contribution in [3.8, 4) is 5.69 Å². The molecule has 6 nitrogen and oxygen atoms in total. The van der Waals surface area contributed by atoms with Crippen LogP contribution in [-0.4, -0.2) is 26.1 Å². The number of tetrazole rings is 1. The zero-order valence-electron chi connectivity index (χ0n) is 12.3. The molecule has 0 unspecified atom stereocenters. The number of carbonyl (C=O) groups is 1. The van der Waals surface area contributed by atoms with Crippen molar-refractivity contribution < 1.29 is 13.6 Å². The SMILES string of the molecule is Cc1nnnn1-c1ccc(F)c(NC(=O)c2c(F)cccc2Cl)c1. The van der Waals surface area contributed by atoms with Crippen LogP contribution in [0.3, 0.4) is 0 Å². The molecule has 9 heteroatoms. The lowest BCUT2D eigenvalue weighted by Gasteiger charge is -2.10. The minimum atomic E-state index is -0.859. The van der Waals surface area contributed by atoms with Gasteiger partial charge in [-0.1, -0.05) is 17.7 Å². The van der Waals surface area contributed by atoms with E-state index in [-0.39, 0.29) is 16.3 Å². The zero-order valence-corrected chi connectivity index (χ0v) is 13.1. The first-order valence-electron chi connectivity index (χ1n) is 6.77. The van der Waals surface area contributed by atoms with E-state index in [1.165, 1.54) is 28.9 Å². The van der Waals surface area contributed by atoms with Crippen LogP contribution < -0.4 is 5.32 Å². The van der Waals surface area contributed by atoms with Crippen molar-refractivity contribution in [1.29, 1.82) is 0 Å². The lowest BCUT2D eigenvalue weighted by atomic mass is 10.2. The first kappa shape index (κ1) is 16.0. The number of hydrogen-bond donors (Lipinski definition) is 1. The van der Waals surface area contributed by atoms with Gasteiger partial charge in [-0.3, -0.25) is 4.79 Å². The molecule has 122 valence electrons. The van der Waals surface area contributed by atoms with E-state index in [0.29, 0.717) is 11.5 Å². The van der Waals surface area contributed by atoms with E-state index < -0.39 is 17.5 Å². The first-order valence-corrected chi connectivity index (χ1v) is 7.15. The van der Waals surface area contributed by atoms with Crippen LogP contribution in [0.15, 0.2) is 36.4 Å². The number of amides is 1. The lowest BCUT2D eigenvalue weighted by Crippen LogP contribution is -2.16. The highest BCUT2D eigenvalue weighted by molar-refractivity contribution is 6.34. The number of benzene rings is 2. The molecule has 0 aliphatic carbocycles. The van der Waals surface area contributed by atoms with Gasteiger partial charge in [0.25, 0.3) is 5.91 Å². The van der Waals surface area contributed by atoms with Gasteiger partial charge in [0.2, 0.25) is 0 Å². The van der Waals surface area contributed by atoms with E-state index in [0.717, 1.165) is 12.1 Å². The molecule has 0 bridgehead atoms. The van der Waals surface area contributed by atoms with E-state index >= 15 is 0 Å². The summed E-state index contributed by atoms with van der Waals surface area (Å²) in [4.78, 5) is 12.2. The highest BCUT2D eigenvalue weighted by Gasteiger charge is 2.18. The maximum absolute atomic E-state index is 14.0. The summed E-state index contributed by atoms with van der Waals surface area (Å²) in [6, 6.07) is 7.77. The van der Waals surface area contributed by atoms with Crippen LogP contribution in [0.2, 0.25) is 5.02 Å². The average Bonchev–Trinajstić information content (AvgIpc) is 2.95. The topological polar surface area (TPSA) is 72.7 Å². The predicted octanol–water partition coefficient (Wildman–Crippen LogP) is 3.15. The van der Waals surface area contributed by atoms with E-state index in [1.54, 1.807) is 6.92 Å². The predicted molar refractivity (Wildman–Crippen MR) is 83.2 cm³/mol. The highest BCUT2D eigenvalue weighted by Crippen LogP contribution is 2.23. The number of nitrogens with one attached hydrogen (secondary N) is 1. The molecule has 3 rings (SSSR count). The van der Waals surface area contributed by atoms with Crippen LogP contribution in [0.4, 0.5) is 14.5 Å². The Morgan fingerprint density at radius 3 is 2.67 bits per heavy atom. The second-order valence-corrected chi connectivity index (χ2v) is 5.26. The van der Waals surface area contributed by atoms with E-state index in [2.05, 4.69) is 20.8 Å². The third-order valence-electron chi connectivity index (χ3n) is 3.26. The summed E-state index contributed by atoms with van der Waals surface area (Å²) >= 11 is 5.84. The molecule has 0 saturated heterocycles. The van der Waals surface area contributed by atoms with Crippen molar-refractivity contribution in [2.45, 2.75) is 6.92 Å². The molecule has 1 aromatic heterocycles. The van der Waals surface area contributed by atoms with Gasteiger partial charge in [0.15, 0.2) is 5.82 Å². The fourth-order valence-electron chi connectivity index (χ4n) is 2.11. The lowest BCUT2D eigenvalue weighted by molar-refractivity contribution is 0.102. The third-order valence-corrected chi connectivity index (χ3v) is 3.57. The smallest absolute Gasteiger partial charge is 0.260 e. The minimum absolute atomic E-state index is 0.0691. The summed E-state index contributed by atoms with van der Waals surface area (Å²) < 4.78 is 29.1. The van der Waals surface area contributed by atoms with Crippen LogP contribution in [-0.2, 0) is 0 Å². The van der Waals surface area contributed by atoms with Gasteiger partial charge in [-0.25, -0.2) is 8.78 Å². The van der Waals surface area contributed by atoms with Crippen molar-refractivity contribution in [2.24, 2.45) is 0 Å². The molecular weight excluding hydrogens is 340 g/mol. The van der Waals surface area contributed by atoms with Gasteiger partial charge in [-0.05, 0) is 47.7 Å². The van der Waals surface area contributed by atoms with Crippen molar-refractivity contribution in [3.05, 3.63) is 64.4 Å².